The molecular formula is C14H13ClN2. The second-order valence-corrected chi connectivity index (χ2v) is 4.71. The van der Waals surface area contributed by atoms with Crippen molar-refractivity contribution in [1.29, 1.82) is 0 Å². The van der Waals surface area contributed by atoms with Gasteiger partial charge in [-0.2, -0.15) is 0 Å². The van der Waals surface area contributed by atoms with Crippen molar-refractivity contribution in [3.8, 4) is 0 Å². The molecule has 17 heavy (non-hydrogen) atoms. The highest BCUT2D eigenvalue weighted by molar-refractivity contribution is 6.31. The lowest BCUT2D eigenvalue weighted by molar-refractivity contribution is 0.505. The Kier molecular flexibility index (Phi) is 2.45. The Balaban J connectivity index is 2.10. The Morgan fingerprint density at radius 3 is 2.88 bits per heavy atom. The predicted molar refractivity (Wildman–Crippen MR) is 73.0 cm³/mol. The standard InChI is InChI=1S/C14H13ClN2/c1-16-7-5-13(6-8-16)17-9-4-11-10-12(15)2-3-14(11)17/h2-7,9-10H,8H2,1H3. The van der Waals surface area contributed by atoms with E-state index in [1.54, 1.807) is 0 Å². The van der Waals surface area contributed by atoms with Crippen molar-refractivity contribution in [2.24, 2.45) is 0 Å². The number of allylic oxidation sites excluding steroid dienone is 2. The molecule has 0 aliphatic carbocycles. The molecule has 3 rings (SSSR count). The van der Waals surface area contributed by atoms with Crippen LogP contribution in [0.3, 0.4) is 0 Å². The van der Waals surface area contributed by atoms with Crippen molar-refractivity contribution >= 4 is 28.2 Å². The molecule has 1 aromatic carbocycles. The van der Waals surface area contributed by atoms with Crippen molar-refractivity contribution in [2.45, 2.75) is 0 Å². The molecule has 3 heteroatoms. The second-order valence-electron chi connectivity index (χ2n) is 4.27. The number of fused-ring (bicyclic) bond motifs is 1. The van der Waals surface area contributed by atoms with E-state index in [0.717, 1.165) is 11.6 Å². The fourth-order valence-electron chi connectivity index (χ4n) is 2.09. The molecule has 0 saturated carbocycles. The van der Waals surface area contributed by atoms with Gasteiger partial charge in [0.15, 0.2) is 0 Å². The number of hydrogen-bond acceptors (Lipinski definition) is 1. The quantitative estimate of drug-likeness (QED) is 0.744. The number of nitrogens with zero attached hydrogens (tertiary/aromatic N) is 2. The van der Waals surface area contributed by atoms with Crippen LogP contribution >= 0.6 is 11.6 Å². The van der Waals surface area contributed by atoms with Crippen LogP contribution < -0.4 is 0 Å². The van der Waals surface area contributed by atoms with E-state index in [-0.39, 0.29) is 0 Å². The van der Waals surface area contributed by atoms with Crippen LogP contribution in [0.4, 0.5) is 0 Å². The Morgan fingerprint density at radius 1 is 1.24 bits per heavy atom. The monoisotopic (exact) mass is 244 g/mol. The lowest BCUT2D eigenvalue weighted by Gasteiger charge is -2.18. The summed E-state index contributed by atoms with van der Waals surface area (Å²) in [5.74, 6) is 0. The molecule has 1 aliphatic heterocycles. The van der Waals surface area contributed by atoms with Crippen molar-refractivity contribution in [1.82, 2.24) is 9.47 Å². The molecular weight excluding hydrogens is 232 g/mol. The summed E-state index contributed by atoms with van der Waals surface area (Å²) >= 11 is 5.99. The highest BCUT2D eigenvalue weighted by Crippen LogP contribution is 2.24. The van der Waals surface area contributed by atoms with Gasteiger partial charge in [-0.05, 0) is 36.4 Å². The summed E-state index contributed by atoms with van der Waals surface area (Å²) in [6, 6.07) is 8.07. The van der Waals surface area contributed by atoms with E-state index in [1.807, 2.05) is 12.1 Å². The van der Waals surface area contributed by atoms with Crippen LogP contribution in [0.5, 0.6) is 0 Å². The zero-order chi connectivity index (χ0) is 11.8. The first-order valence-corrected chi connectivity index (χ1v) is 5.97. The molecule has 0 atom stereocenters. The fraction of sp³-hybridized carbons (Fsp3) is 0.143. The van der Waals surface area contributed by atoms with E-state index in [2.05, 4.69) is 53.2 Å². The van der Waals surface area contributed by atoms with Crippen molar-refractivity contribution in [2.75, 3.05) is 13.6 Å². The minimum absolute atomic E-state index is 0.781. The Labute approximate surface area is 105 Å². The van der Waals surface area contributed by atoms with Crippen molar-refractivity contribution < 1.29 is 0 Å². The SMILES string of the molecule is CN1C=CC(n2ccc3cc(Cl)ccc32)=CC1. The zero-order valence-electron chi connectivity index (χ0n) is 9.60. The van der Waals surface area contributed by atoms with Crippen LogP contribution in [0.15, 0.2) is 48.8 Å². The highest BCUT2D eigenvalue weighted by Gasteiger charge is 2.06. The molecule has 0 spiro atoms. The normalized spacial score (nSPS) is 15.4. The lowest BCUT2D eigenvalue weighted by Crippen LogP contribution is -2.14. The Morgan fingerprint density at radius 2 is 2.12 bits per heavy atom. The van der Waals surface area contributed by atoms with E-state index in [9.17, 15) is 0 Å². The van der Waals surface area contributed by atoms with Crippen molar-refractivity contribution in [3.63, 3.8) is 0 Å². The predicted octanol–water partition coefficient (Wildman–Crippen LogP) is 3.59. The first-order chi connectivity index (χ1) is 8.24. The van der Waals surface area contributed by atoms with Gasteiger partial charge < -0.3 is 9.47 Å². The van der Waals surface area contributed by atoms with Crippen LogP contribution in [-0.2, 0) is 0 Å². The number of halogens is 1. The molecule has 2 heterocycles. The summed E-state index contributed by atoms with van der Waals surface area (Å²) in [4.78, 5) is 2.14. The molecule has 0 fully saturated rings. The van der Waals surface area contributed by atoms with Gasteiger partial charge in [0.05, 0.1) is 5.52 Å². The summed E-state index contributed by atoms with van der Waals surface area (Å²) in [6.45, 7) is 0.944. The summed E-state index contributed by atoms with van der Waals surface area (Å²) in [5.41, 5.74) is 2.40. The first-order valence-electron chi connectivity index (χ1n) is 5.60. The van der Waals surface area contributed by atoms with Gasteiger partial charge in [-0.1, -0.05) is 11.6 Å². The molecule has 0 saturated heterocycles. The van der Waals surface area contributed by atoms with Gasteiger partial charge in [0.2, 0.25) is 0 Å². The van der Waals surface area contributed by atoms with Gasteiger partial charge in [-0.15, -0.1) is 0 Å². The summed E-state index contributed by atoms with van der Waals surface area (Å²) in [5, 5.41) is 1.95. The van der Waals surface area contributed by atoms with Crippen LogP contribution in [-0.4, -0.2) is 23.1 Å². The number of likely N-dealkylation sites (N-methyl/N-ethyl adjacent to an activating group) is 1. The Hall–Kier alpha value is -1.67. The summed E-state index contributed by atoms with van der Waals surface area (Å²) < 4.78 is 2.19. The third-order valence-corrected chi connectivity index (χ3v) is 3.25. The first kappa shape index (κ1) is 10.5. The maximum absolute atomic E-state index is 5.99. The number of hydrogen-bond donors (Lipinski definition) is 0. The number of aromatic nitrogens is 1. The molecule has 0 N–H and O–H groups in total. The molecule has 86 valence electrons. The fourth-order valence-corrected chi connectivity index (χ4v) is 2.27. The minimum atomic E-state index is 0.781. The van der Waals surface area contributed by atoms with Crippen LogP contribution in [0.1, 0.15) is 0 Å². The summed E-state index contributed by atoms with van der Waals surface area (Å²) in [7, 11) is 2.07. The van der Waals surface area contributed by atoms with E-state index in [1.165, 1.54) is 16.6 Å². The third-order valence-electron chi connectivity index (χ3n) is 3.02. The van der Waals surface area contributed by atoms with Gasteiger partial charge in [-0.3, -0.25) is 0 Å². The highest BCUT2D eigenvalue weighted by atomic mass is 35.5. The largest absolute Gasteiger partial charge is 0.377 e. The minimum Gasteiger partial charge on any atom is -0.377 e. The van der Waals surface area contributed by atoms with Gasteiger partial charge in [-0.25, -0.2) is 0 Å². The molecule has 0 unspecified atom stereocenters. The molecule has 1 aliphatic rings. The topological polar surface area (TPSA) is 8.17 Å². The molecule has 2 nitrogen and oxygen atoms in total. The average Bonchev–Trinajstić information content (AvgIpc) is 2.73. The van der Waals surface area contributed by atoms with Crippen molar-refractivity contribution in [3.05, 3.63) is 53.8 Å². The van der Waals surface area contributed by atoms with E-state index in [4.69, 9.17) is 11.6 Å². The second kappa shape index (κ2) is 3.97. The Bertz CT molecular complexity index is 622. The maximum atomic E-state index is 5.99. The van der Waals surface area contributed by atoms with E-state index < -0.39 is 0 Å². The van der Waals surface area contributed by atoms with Crippen LogP contribution in [0.25, 0.3) is 16.6 Å². The summed E-state index contributed by atoms with van der Waals surface area (Å²) in [6.07, 6.45) is 8.52. The molecule has 0 radical (unpaired) electrons. The van der Waals surface area contributed by atoms with Gasteiger partial charge >= 0.3 is 0 Å². The van der Waals surface area contributed by atoms with Crippen LogP contribution in [0.2, 0.25) is 5.02 Å². The number of benzene rings is 1. The molecule has 0 amide bonds. The molecule has 0 bridgehead atoms. The van der Waals surface area contributed by atoms with Crippen LogP contribution in [0, 0.1) is 0 Å². The average molecular weight is 245 g/mol. The van der Waals surface area contributed by atoms with E-state index >= 15 is 0 Å². The maximum Gasteiger partial charge on any atom is 0.0529 e. The van der Waals surface area contributed by atoms with Gasteiger partial charge in [0.1, 0.15) is 0 Å². The third kappa shape index (κ3) is 1.85. The van der Waals surface area contributed by atoms with E-state index in [0.29, 0.717) is 0 Å². The number of rotatable bonds is 1. The van der Waals surface area contributed by atoms with Gasteiger partial charge in [0, 0.05) is 42.1 Å². The lowest BCUT2D eigenvalue weighted by atomic mass is 10.2. The molecule has 1 aromatic heterocycles. The smallest absolute Gasteiger partial charge is 0.0529 e. The van der Waals surface area contributed by atoms with Gasteiger partial charge in [0.25, 0.3) is 0 Å². The molecule has 2 aromatic rings. The zero-order valence-corrected chi connectivity index (χ0v) is 10.4.